The third-order valence-electron chi connectivity index (χ3n) is 2.82. The van der Waals surface area contributed by atoms with E-state index in [0.717, 1.165) is 0 Å². The van der Waals surface area contributed by atoms with E-state index < -0.39 is 0 Å². The molecule has 4 nitrogen and oxygen atoms in total. The number of hydrogen-bond acceptors (Lipinski definition) is 2. The van der Waals surface area contributed by atoms with Crippen molar-refractivity contribution in [2.75, 3.05) is 18.4 Å². The van der Waals surface area contributed by atoms with Crippen molar-refractivity contribution in [3.05, 3.63) is 29.3 Å². The highest BCUT2D eigenvalue weighted by molar-refractivity contribution is 6.33. The van der Waals surface area contributed by atoms with Crippen LogP contribution in [0.5, 0.6) is 0 Å². The monoisotopic (exact) mass is 268 g/mol. The van der Waals surface area contributed by atoms with Gasteiger partial charge in [0.05, 0.1) is 22.9 Å². The van der Waals surface area contributed by atoms with Crippen LogP contribution in [0.2, 0.25) is 5.02 Å². The van der Waals surface area contributed by atoms with E-state index in [-0.39, 0.29) is 18.2 Å². The maximum Gasteiger partial charge on any atom is 0.322 e. The second-order valence-electron chi connectivity index (χ2n) is 4.57. The third kappa shape index (κ3) is 3.15. The van der Waals surface area contributed by atoms with E-state index in [2.05, 4.69) is 5.32 Å². The van der Waals surface area contributed by atoms with Crippen LogP contribution < -0.4 is 5.32 Å². The zero-order valence-electron chi connectivity index (χ0n) is 10.5. The van der Waals surface area contributed by atoms with E-state index >= 15 is 0 Å². The minimum atomic E-state index is -0.134. The number of anilines is 1. The van der Waals surface area contributed by atoms with Gasteiger partial charge in [-0.15, -0.1) is 0 Å². The van der Waals surface area contributed by atoms with Crippen LogP contribution in [0.25, 0.3) is 0 Å². The Labute approximate surface area is 112 Å². The van der Waals surface area contributed by atoms with Crippen LogP contribution >= 0.6 is 11.6 Å². The number of ether oxygens (including phenoxy) is 1. The fraction of sp³-hybridized carbons (Fsp3) is 0.462. The predicted molar refractivity (Wildman–Crippen MR) is 72.1 cm³/mol. The Hall–Kier alpha value is -1.26. The SMILES string of the molecule is C[C@@H]1CN(C(=O)Nc2ccccc2Cl)C[C@H](C)O1. The van der Waals surface area contributed by atoms with Gasteiger partial charge in [0.1, 0.15) is 0 Å². The summed E-state index contributed by atoms with van der Waals surface area (Å²) < 4.78 is 5.59. The molecule has 2 atom stereocenters. The Morgan fingerprint density at radius 3 is 2.56 bits per heavy atom. The zero-order valence-corrected chi connectivity index (χ0v) is 11.3. The van der Waals surface area contributed by atoms with Gasteiger partial charge in [0, 0.05) is 13.1 Å². The van der Waals surface area contributed by atoms with Gasteiger partial charge < -0.3 is 15.0 Å². The maximum atomic E-state index is 12.1. The molecule has 2 rings (SSSR count). The second-order valence-corrected chi connectivity index (χ2v) is 4.98. The summed E-state index contributed by atoms with van der Waals surface area (Å²) in [5.74, 6) is 0. The van der Waals surface area contributed by atoms with E-state index in [1.54, 1.807) is 17.0 Å². The van der Waals surface area contributed by atoms with Crippen LogP contribution in [0.3, 0.4) is 0 Å². The molecule has 1 heterocycles. The van der Waals surface area contributed by atoms with E-state index in [1.165, 1.54) is 0 Å². The number of nitrogens with zero attached hydrogens (tertiary/aromatic N) is 1. The van der Waals surface area contributed by atoms with Crippen molar-refractivity contribution >= 4 is 23.3 Å². The van der Waals surface area contributed by atoms with Crippen LogP contribution in [-0.2, 0) is 4.74 Å². The van der Waals surface area contributed by atoms with Gasteiger partial charge in [0.25, 0.3) is 0 Å². The number of benzene rings is 1. The summed E-state index contributed by atoms with van der Waals surface area (Å²) in [5, 5.41) is 3.36. The highest BCUT2D eigenvalue weighted by atomic mass is 35.5. The summed E-state index contributed by atoms with van der Waals surface area (Å²) in [7, 11) is 0. The first-order valence-electron chi connectivity index (χ1n) is 6.02. The van der Waals surface area contributed by atoms with Crippen LogP contribution in [0.1, 0.15) is 13.8 Å². The smallest absolute Gasteiger partial charge is 0.322 e. The van der Waals surface area contributed by atoms with Gasteiger partial charge in [0.15, 0.2) is 0 Å². The molecule has 1 aliphatic heterocycles. The number of halogens is 1. The highest BCUT2D eigenvalue weighted by Gasteiger charge is 2.26. The number of carbonyl (C=O) groups excluding carboxylic acids is 1. The quantitative estimate of drug-likeness (QED) is 0.851. The van der Waals surface area contributed by atoms with Gasteiger partial charge in [-0.2, -0.15) is 0 Å². The molecule has 1 saturated heterocycles. The Bertz CT molecular complexity index is 429. The number of carbonyl (C=O) groups is 1. The molecule has 0 bridgehead atoms. The van der Waals surface area contributed by atoms with Crippen LogP contribution in [-0.4, -0.2) is 36.2 Å². The molecule has 1 aliphatic rings. The number of para-hydroxylation sites is 1. The van der Waals surface area contributed by atoms with Crippen molar-refractivity contribution in [2.24, 2.45) is 0 Å². The molecule has 2 amide bonds. The molecule has 1 aromatic carbocycles. The van der Waals surface area contributed by atoms with Gasteiger partial charge in [-0.05, 0) is 26.0 Å². The standard InChI is InChI=1S/C13H17ClN2O2/c1-9-7-16(8-10(2)18-9)13(17)15-12-6-4-3-5-11(12)14/h3-6,9-10H,7-8H2,1-2H3,(H,15,17)/t9-,10+. The molecule has 98 valence electrons. The Kier molecular flexibility index (Phi) is 4.09. The van der Waals surface area contributed by atoms with E-state index in [0.29, 0.717) is 23.8 Å². The van der Waals surface area contributed by atoms with Gasteiger partial charge in [-0.1, -0.05) is 23.7 Å². The predicted octanol–water partition coefficient (Wildman–Crippen LogP) is 2.98. The Balaban J connectivity index is 2.02. The van der Waals surface area contributed by atoms with Crippen LogP contribution in [0.4, 0.5) is 10.5 Å². The molecule has 5 heteroatoms. The number of amides is 2. The summed E-state index contributed by atoms with van der Waals surface area (Å²) in [6, 6.07) is 7.07. The van der Waals surface area contributed by atoms with Crippen molar-refractivity contribution < 1.29 is 9.53 Å². The summed E-state index contributed by atoms with van der Waals surface area (Å²) in [6.07, 6.45) is 0.122. The first kappa shape index (κ1) is 13.2. The van der Waals surface area contributed by atoms with E-state index in [4.69, 9.17) is 16.3 Å². The zero-order chi connectivity index (χ0) is 13.1. The van der Waals surface area contributed by atoms with Gasteiger partial charge >= 0.3 is 6.03 Å². The lowest BCUT2D eigenvalue weighted by molar-refractivity contribution is -0.0530. The average molecular weight is 269 g/mol. The summed E-state index contributed by atoms with van der Waals surface area (Å²) in [4.78, 5) is 13.9. The van der Waals surface area contributed by atoms with Crippen molar-refractivity contribution in [3.63, 3.8) is 0 Å². The molecule has 0 spiro atoms. The lowest BCUT2D eigenvalue weighted by atomic mass is 10.2. The van der Waals surface area contributed by atoms with Crippen molar-refractivity contribution in [1.29, 1.82) is 0 Å². The van der Waals surface area contributed by atoms with Crippen LogP contribution in [0.15, 0.2) is 24.3 Å². The number of rotatable bonds is 1. The largest absolute Gasteiger partial charge is 0.372 e. The van der Waals surface area contributed by atoms with Gasteiger partial charge in [0.2, 0.25) is 0 Å². The molecule has 18 heavy (non-hydrogen) atoms. The Morgan fingerprint density at radius 2 is 1.94 bits per heavy atom. The van der Waals surface area contributed by atoms with Crippen molar-refractivity contribution in [2.45, 2.75) is 26.1 Å². The molecule has 0 unspecified atom stereocenters. The number of nitrogens with one attached hydrogen (secondary N) is 1. The third-order valence-corrected chi connectivity index (χ3v) is 3.15. The Morgan fingerprint density at radius 1 is 1.33 bits per heavy atom. The minimum absolute atomic E-state index is 0.0609. The number of urea groups is 1. The normalized spacial score (nSPS) is 23.8. The highest BCUT2D eigenvalue weighted by Crippen LogP contribution is 2.21. The first-order chi connectivity index (χ1) is 8.56. The average Bonchev–Trinajstić information content (AvgIpc) is 2.31. The van der Waals surface area contributed by atoms with Crippen molar-refractivity contribution in [1.82, 2.24) is 4.90 Å². The lowest BCUT2D eigenvalue weighted by Gasteiger charge is -2.35. The summed E-state index contributed by atoms with van der Waals surface area (Å²) in [5.41, 5.74) is 0.635. The summed E-state index contributed by atoms with van der Waals surface area (Å²) >= 11 is 6.01. The second kappa shape index (κ2) is 5.59. The molecular formula is C13H17ClN2O2. The fourth-order valence-electron chi connectivity index (χ4n) is 2.10. The van der Waals surface area contributed by atoms with Crippen LogP contribution in [0, 0.1) is 0 Å². The lowest BCUT2D eigenvalue weighted by Crippen LogP contribution is -2.49. The molecule has 0 radical (unpaired) electrons. The van der Waals surface area contributed by atoms with Gasteiger partial charge in [-0.3, -0.25) is 0 Å². The van der Waals surface area contributed by atoms with Gasteiger partial charge in [-0.25, -0.2) is 4.79 Å². The van der Waals surface area contributed by atoms with Crippen molar-refractivity contribution in [3.8, 4) is 0 Å². The first-order valence-corrected chi connectivity index (χ1v) is 6.40. The number of morpholine rings is 1. The molecule has 1 aromatic rings. The molecule has 0 aromatic heterocycles. The molecular weight excluding hydrogens is 252 g/mol. The molecule has 0 saturated carbocycles. The minimum Gasteiger partial charge on any atom is -0.372 e. The van der Waals surface area contributed by atoms with E-state index in [1.807, 2.05) is 26.0 Å². The van der Waals surface area contributed by atoms with E-state index in [9.17, 15) is 4.79 Å². The number of hydrogen-bond donors (Lipinski definition) is 1. The summed E-state index contributed by atoms with van der Waals surface area (Å²) in [6.45, 7) is 5.12. The topological polar surface area (TPSA) is 41.6 Å². The molecule has 1 fully saturated rings. The molecule has 1 N–H and O–H groups in total. The maximum absolute atomic E-state index is 12.1. The fourth-order valence-corrected chi connectivity index (χ4v) is 2.28. The molecule has 0 aliphatic carbocycles.